The fourth-order valence-electron chi connectivity index (χ4n) is 3.86. The van der Waals surface area contributed by atoms with Gasteiger partial charge in [0, 0.05) is 43.5 Å². The highest BCUT2D eigenvalue weighted by molar-refractivity contribution is 7.99. The number of rotatable bonds is 5. The van der Waals surface area contributed by atoms with Crippen LogP contribution in [0.3, 0.4) is 0 Å². The first-order valence-electron chi connectivity index (χ1n) is 10.0. The monoisotopic (exact) mass is 428 g/mol. The van der Waals surface area contributed by atoms with Gasteiger partial charge in [0.1, 0.15) is 0 Å². The molecule has 3 N–H and O–H groups in total. The number of morpholine rings is 1. The van der Waals surface area contributed by atoms with Gasteiger partial charge in [-0.25, -0.2) is 4.98 Å². The van der Waals surface area contributed by atoms with Crippen LogP contribution >= 0.6 is 11.8 Å². The summed E-state index contributed by atoms with van der Waals surface area (Å²) in [5.41, 5.74) is 2.94. The summed E-state index contributed by atoms with van der Waals surface area (Å²) in [6, 6.07) is 8.45. The average molecular weight is 429 g/mol. The molecule has 2 aromatic heterocycles. The van der Waals surface area contributed by atoms with Crippen LogP contribution in [0.1, 0.15) is 16.6 Å². The van der Waals surface area contributed by atoms with E-state index in [1.54, 1.807) is 12.4 Å². The minimum absolute atomic E-state index is 0.310. The number of hydrogen-bond acceptors (Lipinski definition) is 9. The normalized spacial score (nSPS) is 24.5. The van der Waals surface area contributed by atoms with Crippen molar-refractivity contribution in [3.05, 3.63) is 48.0 Å². The highest BCUT2D eigenvalue weighted by Gasteiger charge is 2.38. The summed E-state index contributed by atoms with van der Waals surface area (Å²) in [5.74, 6) is 1.74. The first kappa shape index (κ1) is 19.6. The molecule has 0 unspecified atom stereocenters. The summed E-state index contributed by atoms with van der Waals surface area (Å²) in [5, 5.41) is 31.7. The fourth-order valence-corrected chi connectivity index (χ4v) is 5.15. The number of aliphatic hydroxyl groups excluding tert-OH is 2. The summed E-state index contributed by atoms with van der Waals surface area (Å²) in [6.45, 7) is 3.93. The number of aromatic nitrogens is 4. The Bertz CT molecular complexity index is 1020. The van der Waals surface area contributed by atoms with E-state index in [0.29, 0.717) is 29.6 Å². The third kappa shape index (κ3) is 3.71. The van der Waals surface area contributed by atoms with Crippen molar-refractivity contribution in [1.82, 2.24) is 19.6 Å². The van der Waals surface area contributed by atoms with Gasteiger partial charge < -0.3 is 25.2 Å². The first-order valence-corrected chi connectivity index (χ1v) is 11.1. The number of nitrogens with one attached hydrogen (secondary N) is 1. The van der Waals surface area contributed by atoms with E-state index in [9.17, 15) is 10.2 Å². The molecule has 10 heteroatoms. The second-order valence-electron chi connectivity index (χ2n) is 7.46. The minimum Gasteiger partial charge on any atom is -0.390 e. The smallest absolute Gasteiger partial charge is 0.203 e. The molecule has 0 saturated carbocycles. The van der Waals surface area contributed by atoms with Crippen molar-refractivity contribution in [2.45, 2.75) is 24.0 Å². The lowest BCUT2D eigenvalue weighted by Gasteiger charge is -2.29. The van der Waals surface area contributed by atoms with Gasteiger partial charge >= 0.3 is 0 Å². The molecule has 30 heavy (non-hydrogen) atoms. The Kier molecular flexibility index (Phi) is 5.47. The molecule has 2 aliphatic heterocycles. The third-order valence-electron chi connectivity index (χ3n) is 5.51. The molecular weight excluding hydrogens is 404 g/mol. The van der Waals surface area contributed by atoms with E-state index in [0.717, 1.165) is 31.9 Å². The molecule has 3 aromatic rings. The highest BCUT2D eigenvalue weighted by atomic mass is 32.2. The molecule has 2 aliphatic rings. The summed E-state index contributed by atoms with van der Waals surface area (Å²) < 4.78 is 7.27. The summed E-state index contributed by atoms with van der Waals surface area (Å²) in [7, 11) is 0. The van der Waals surface area contributed by atoms with E-state index < -0.39 is 12.2 Å². The van der Waals surface area contributed by atoms with Crippen LogP contribution in [0.4, 0.5) is 11.5 Å². The van der Waals surface area contributed by atoms with Gasteiger partial charge in [-0.1, -0.05) is 12.1 Å². The van der Waals surface area contributed by atoms with E-state index in [1.807, 2.05) is 4.40 Å². The molecule has 2 fully saturated rings. The maximum atomic E-state index is 10.2. The van der Waals surface area contributed by atoms with Crippen LogP contribution in [-0.4, -0.2) is 74.1 Å². The molecule has 0 radical (unpaired) electrons. The Morgan fingerprint density at radius 1 is 1.20 bits per heavy atom. The van der Waals surface area contributed by atoms with Crippen molar-refractivity contribution >= 4 is 28.9 Å². The number of anilines is 2. The SMILES string of the molecule is O[C@@H]1[C@H](O)CS[C@H]1c1nnc2c(NCc3cccc(N4CCOCC4)c3)nccn12. The summed E-state index contributed by atoms with van der Waals surface area (Å²) in [4.78, 5) is 6.76. The standard InChI is InChI=1S/C20H24N6O3S/c27-15-12-30-17(16(15)28)19-23-24-20-18(21-4-5-26(19)20)22-11-13-2-1-3-14(10-13)25-6-8-29-9-7-25/h1-5,10,15-17,27-28H,6-9,11-12H2,(H,21,22)/t15-,16-,17-/m1/s1. The Morgan fingerprint density at radius 2 is 2.07 bits per heavy atom. The molecular formula is C20H24N6O3S. The maximum Gasteiger partial charge on any atom is 0.203 e. The van der Waals surface area contributed by atoms with Crippen molar-refractivity contribution in [2.75, 3.05) is 42.3 Å². The van der Waals surface area contributed by atoms with Crippen molar-refractivity contribution in [3.8, 4) is 0 Å². The molecule has 158 valence electrons. The van der Waals surface area contributed by atoms with E-state index in [-0.39, 0.29) is 5.25 Å². The second kappa shape index (κ2) is 8.38. The number of hydrogen-bond donors (Lipinski definition) is 3. The number of aliphatic hydroxyl groups is 2. The van der Waals surface area contributed by atoms with Crippen molar-refractivity contribution in [1.29, 1.82) is 0 Å². The zero-order chi connectivity index (χ0) is 20.5. The zero-order valence-corrected chi connectivity index (χ0v) is 17.2. The summed E-state index contributed by atoms with van der Waals surface area (Å²) in [6.07, 6.45) is 1.88. The predicted octanol–water partition coefficient (Wildman–Crippen LogP) is 1.08. The summed E-state index contributed by atoms with van der Waals surface area (Å²) >= 11 is 1.48. The number of benzene rings is 1. The van der Waals surface area contributed by atoms with Crippen LogP contribution in [0.15, 0.2) is 36.7 Å². The van der Waals surface area contributed by atoms with Gasteiger partial charge in [0.2, 0.25) is 5.65 Å². The van der Waals surface area contributed by atoms with E-state index >= 15 is 0 Å². The Balaban J connectivity index is 1.34. The number of ether oxygens (including phenoxy) is 1. The van der Waals surface area contributed by atoms with Gasteiger partial charge in [-0.15, -0.1) is 22.0 Å². The van der Waals surface area contributed by atoms with Gasteiger partial charge in [0.25, 0.3) is 0 Å². The van der Waals surface area contributed by atoms with Crippen LogP contribution in [0.25, 0.3) is 5.65 Å². The first-order chi connectivity index (χ1) is 14.7. The second-order valence-corrected chi connectivity index (χ2v) is 8.64. The number of fused-ring (bicyclic) bond motifs is 1. The third-order valence-corrected chi connectivity index (χ3v) is 6.89. The molecule has 0 bridgehead atoms. The van der Waals surface area contributed by atoms with Gasteiger partial charge in [0.05, 0.1) is 30.7 Å². The Morgan fingerprint density at radius 3 is 2.87 bits per heavy atom. The van der Waals surface area contributed by atoms with E-state index in [4.69, 9.17) is 4.74 Å². The van der Waals surface area contributed by atoms with Crippen molar-refractivity contribution < 1.29 is 14.9 Å². The molecule has 2 saturated heterocycles. The maximum absolute atomic E-state index is 10.2. The topological polar surface area (TPSA) is 108 Å². The molecule has 9 nitrogen and oxygen atoms in total. The molecule has 1 aromatic carbocycles. The van der Waals surface area contributed by atoms with Gasteiger partial charge in [-0.2, -0.15) is 0 Å². The Labute approximate surface area is 178 Å². The predicted molar refractivity (Wildman–Crippen MR) is 115 cm³/mol. The highest BCUT2D eigenvalue weighted by Crippen LogP contribution is 2.39. The lowest BCUT2D eigenvalue weighted by Crippen LogP contribution is -2.36. The van der Waals surface area contributed by atoms with E-state index in [1.165, 1.54) is 17.4 Å². The quantitative estimate of drug-likeness (QED) is 0.550. The van der Waals surface area contributed by atoms with Crippen molar-refractivity contribution in [2.24, 2.45) is 0 Å². The largest absolute Gasteiger partial charge is 0.390 e. The Hall–Kier alpha value is -2.40. The van der Waals surface area contributed by atoms with Crippen LogP contribution in [0.2, 0.25) is 0 Å². The average Bonchev–Trinajstić information content (AvgIpc) is 3.36. The molecule has 5 rings (SSSR count). The molecule has 0 amide bonds. The van der Waals surface area contributed by atoms with Gasteiger partial charge in [0.15, 0.2) is 11.6 Å². The number of nitrogens with zero attached hydrogens (tertiary/aromatic N) is 5. The lowest BCUT2D eigenvalue weighted by molar-refractivity contribution is 0.0404. The molecule has 0 aliphatic carbocycles. The lowest BCUT2D eigenvalue weighted by atomic mass is 10.1. The molecule has 3 atom stereocenters. The van der Waals surface area contributed by atoms with E-state index in [2.05, 4.69) is 49.7 Å². The van der Waals surface area contributed by atoms with Crippen LogP contribution in [-0.2, 0) is 11.3 Å². The molecule has 4 heterocycles. The minimum atomic E-state index is -0.852. The van der Waals surface area contributed by atoms with Crippen molar-refractivity contribution in [3.63, 3.8) is 0 Å². The molecule has 0 spiro atoms. The van der Waals surface area contributed by atoms with Crippen LogP contribution in [0, 0.1) is 0 Å². The van der Waals surface area contributed by atoms with Crippen LogP contribution < -0.4 is 10.2 Å². The number of thioether (sulfide) groups is 1. The van der Waals surface area contributed by atoms with Crippen LogP contribution in [0.5, 0.6) is 0 Å². The fraction of sp³-hybridized carbons (Fsp3) is 0.450. The van der Waals surface area contributed by atoms with Gasteiger partial charge in [-0.05, 0) is 17.7 Å². The zero-order valence-electron chi connectivity index (χ0n) is 16.4. The van der Waals surface area contributed by atoms with Gasteiger partial charge in [-0.3, -0.25) is 4.40 Å².